The number of unbranched alkanes of at least 4 members (excludes halogenated alkanes) is 14. The predicted octanol–water partition coefficient (Wildman–Crippen LogP) is 10.6. The summed E-state index contributed by atoms with van der Waals surface area (Å²) in [4.78, 5) is 0. The summed E-state index contributed by atoms with van der Waals surface area (Å²) in [6, 6.07) is 16.8. The molecule has 0 aliphatic rings. The highest BCUT2D eigenvalue weighted by Crippen LogP contribution is 2.21. The number of allylic oxidation sites excluding steroid dienone is 2. The second-order valence-electron chi connectivity index (χ2n) is 11.7. The quantitative estimate of drug-likeness (QED) is 0.0651. The molecule has 2 N–H and O–H groups in total. The lowest BCUT2D eigenvalue weighted by atomic mass is 10.0. The van der Waals surface area contributed by atoms with E-state index < -0.39 is 0 Å². The second-order valence-corrected chi connectivity index (χ2v) is 11.7. The fourth-order valence-corrected chi connectivity index (χ4v) is 5.32. The number of benzene rings is 2. The highest BCUT2D eigenvalue weighted by molar-refractivity contribution is 5.65. The van der Waals surface area contributed by atoms with Crippen LogP contribution < -0.4 is 20.1 Å². The number of nitrogens with one attached hydrogen (secondary N) is 2. The largest absolute Gasteiger partial charge is 0.497 e. The number of rotatable bonds is 26. The van der Waals surface area contributed by atoms with Crippen molar-refractivity contribution in [1.82, 2.24) is 10.6 Å². The minimum absolute atomic E-state index is 0.0940. The highest BCUT2D eigenvalue weighted by atomic mass is 16.5. The van der Waals surface area contributed by atoms with Crippen molar-refractivity contribution in [1.29, 1.82) is 0 Å². The SMILES string of the molecule is CCCCCCCCCCN/C(=C/[C+]=CC(NCCCCCCCCCC)c1ccc(OC)cc1)c1ccc(OC)cc1. The third-order valence-corrected chi connectivity index (χ3v) is 8.11. The maximum atomic E-state index is 5.40. The Morgan fingerprint density at radius 1 is 0.628 bits per heavy atom. The van der Waals surface area contributed by atoms with Crippen molar-refractivity contribution in [3.8, 4) is 11.5 Å². The average Bonchev–Trinajstić information content (AvgIpc) is 3.05. The molecular weight excluding hydrogens is 528 g/mol. The zero-order valence-corrected chi connectivity index (χ0v) is 27.9. The molecule has 0 saturated heterocycles. The van der Waals surface area contributed by atoms with Crippen molar-refractivity contribution >= 4 is 5.70 Å². The fourth-order valence-electron chi connectivity index (χ4n) is 5.32. The minimum Gasteiger partial charge on any atom is -0.497 e. The monoisotopic (exact) mass is 589 g/mol. The van der Waals surface area contributed by atoms with Crippen molar-refractivity contribution in [2.24, 2.45) is 0 Å². The molecule has 43 heavy (non-hydrogen) atoms. The molecule has 4 nitrogen and oxygen atoms in total. The molecule has 0 aliphatic heterocycles. The Labute approximate surface area is 264 Å². The van der Waals surface area contributed by atoms with Crippen LogP contribution in [-0.4, -0.2) is 27.3 Å². The Hall–Kier alpha value is -2.81. The highest BCUT2D eigenvalue weighted by Gasteiger charge is 2.13. The van der Waals surface area contributed by atoms with Gasteiger partial charge in [0.15, 0.2) is 11.8 Å². The Morgan fingerprint density at radius 2 is 1.09 bits per heavy atom. The van der Waals surface area contributed by atoms with E-state index in [-0.39, 0.29) is 6.04 Å². The lowest BCUT2D eigenvalue weighted by Gasteiger charge is -2.14. The van der Waals surface area contributed by atoms with Crippen LogP contribution >= 0.6 is 0 Å². The van der Waals surface area contributed by atoms with Gasteiger partial charge in [-0.15, -0.1) is 0 Å². The molecule has 0 aliphatic carbocycles. The van der Waals surface area contributed by atoms with Gasteiger partial charge in [0, 0.05) is 6.54 Å². The normalized spacial score (nSPS) is 12.3. The number of hydrogen-bond acceptors (Lipinski definition) is 4. The maximum Gasteiger partial charge on any atom is 0.185 e. The van der Waals surface area contributed by atoms with Crippen molar-refractivity contribution < 1.29 is 9.47 Å². The molecule has 0 aromatic heterocycles. The van der Waals surface area contributed by atoms with Gasteiger partial charge in [0.05, 0.1) is 38.0 Å². The van der Waals surface area contributed by atoms with Gasteiger partial charge in [-0.2, -0.15) is 0 Å². The molecular formula is C39H61N2O2+. The van der Waals surface area contributed by atoms with E-state index in [1.165, 1.54) is 108 Å². The summed E-state index contributed by atoms with van der Waals surface area (Å²) in [7, 11) is 3.43. The summed E-state index contributed by atoms with van der Waals surface area (Å²) in [5, 5.41) is 7.47. The summed E-state index contributed by atoms with van der Waals surface area (Å²) >= 11 is 0. The third kappa shape index (κ3) is 16.6. The van der Waals surface area contributed by atoms with E-state index in [0.717, 1.165) is 35.8 Å². The van der Waals surface area contributed by atoms with Gasteiger partial charge in [-0.05, 0) is 61.3 Å². The fraction of sp³-hybridized carbons (Fsp3) is 0.590. The third-order valence-electron chi connectivity index (χ3n) is 8.11. The molecule has 0 amide bonds. The molecule has 0 fully saturated rings. The molecule has 0 bridgehead atoms. The van der Waals surface area contributed by atoms with Crippen LogP contribution in [0.4, 0.5) is 0 Å². The molecule has 0 spiro atoms. The van der Waals surface area contributed by atoms with Crippen molar-refractivity contribution in [2.75, 3.05) is 27.3 Å². The van der Waals surface area contributed by atoms with Gasteiger partial charge in [0.25, 0.3) is 0 Å². The molecule has 0 saturated carbocycles. The first-order valence-electron chi connectivity index (χ1n) is 17.3. The lowest BCUT2D eigenvalue weighted by molar-refractivity contribution is 0.414. The molecule has 4 heteroatoms. The zero-order valence-electron chi connectivity index (χ0n) is 27.9. The maximum absolute atomic E-state index is 5.40. The van der Waals surface area contributed by atoms with Crippen molar-refractivity contribution in [3.05, 3.63) is 77.9 Å². The molecule has 1 unspecified atom stereocenters. The van der Waals surface area contributed by atoms with Crippen LogP contribution in [0.1, 0.15) is 134 Å². The van der Waals surface area contributed by atoms with Gasteiger partial charge in [-0.3, -0.25) is 0 Å². The molecule has 2 aromatic carbocycles. The zero-order chi connectivity index (χ0) is 30.8. The Balaban J connectivity index is 2.00. The summed E-state index contributed by atoms with van der Waals surface area (Å²) < 4.78 is 10.8. The lowest BCUT2D eigenvalue weighted by Crippen LogP contribution is -2.21. The molecule has 1 atom stereocenters. The van der Waals surface area contributed by atoms with Gasteiger partial charge in [-0.25, -0.2) is 0 Å². The number of ether oxygens (including phenoxy) is 2. The summed E-state index contributed by atoms with van der Waals surface area (Å²) in [5.74, 6) is 1.75. The molecule has 238 valence electrons. The standard InChI is InChI=1S/C39H61N2O2/c1-5-7-9-11-13-15-17-19-32-40-38(34-24-28-36(42-3)29-25-34)22-21-23-39(35-26-30-37(43-4)31-27-35)41-33-20-18-16-14-12-10-8-6-2/h22-31,38,40-41H,5-20,32-33H2,1-4H3/q+1/b39-23+. The van der Waals surface area contributed by atoms with Crippen LogP contribution in [0.3, 0.4) is 0 Å². The van der Waals surface area contributed by atoms with E-state index in [4.69, 9.17) is 9.47 Å². The summed E-state index contributed by atoms with van der Waals surface area (Å²) in [5.41, 5.74) is 3.46. The topological polar surface area (TPSA) is 42.5 Å². The van der Waals surface area contributed by atoms with Gasteiger partial charge in [-0.1, -0.05) is 116 Å². The first kappa shape index (κ1) is 36.4. The van der Waals surface area contributed by atoms with Gasteiger partial charge in [0.2, 0.25) is 0 Å². The van der Waals surface area contributed by atoms with Gasteiger partial charge >= 0.3 is 0 Å². The van der Waals surface area contributed by atoms with Crippen LogP contribution in [0.5, 0.6) is 11.5 Å². The molecule has 0 radical (unpaired) electrons. The van der Waals surface area contributed by atoms with E-state index in [1.54, 1.807) is 14.2 Å². The van der Waals surface area contributed by atoms with E-state index in [0.29, 0.717) is 0 Å². The van der Waals surface area contributed by atoms with Crippen LogP contribution in [-0.2, 0) is 0 Å². The van der Waals surface area contributed by atoms with Crippen LogP contribution in [0.15, 0.2) is 60.7 Å². The van der Waals surface area contributed by atoms with Crippen LogP contribution in [0, 0.1) is 6.08 Å². The predicted molar refractivity (Wildman–Crippen MR) is 186 cm³/mol. The van der Waals surface area contributed by atoms with E-state index in [2.05, 4.69) is 67.0 Å². The number of hydrogen-bond donors (Lipinski definition) is 2. The van der Waals surface area contributed by atoms with Crippen LogP contribution in [0.2, 0.25) is 0 Å². The first-order valence-corrected chi connectivity index (χ1v) is 17.3. The smallest absolute Gasteiger partial charge is 0.185 e. The van der Waals surface area contributed by atoms with Gasteiger partial charge in [0.1, 0.15) is 11.5 Å². The van der Waals surface area contributed by atoms with E-state index >= 15 is 0 Å². The number of methoxy groups -OCH3 is 2. The van der Waals surface area contributed by atoms with Gasteiger partial charge < -0.3 is 20.1 Å². The van der Waals surface area contributed by atoms with E-state index in [9.17, 15) is 0 Å². The molecule has 0 heterocycles. The summed E-state index contributed by atoms with van der Waals surface area (Å²) in [6.07, 6.45) is 29.0. The Morgan fingerprint density at radius 3 is 1.60 bits per heavy atom. The van der Waals surface area contributed by atoms with E-state index in [1.807, 2.05) is 24.3 Å². The van der Waals surface area contributed by atoms with Crippen molar-refractivity contribution in [3.63, 3.8) is 0 Å². The van der Waals surface area contributed by atoms with Crippen molar-refractivity contribution in [2.45, 2.75) is 123 Å². The molecule has 2 rings (SSSR count). The second kappa shape index (κ2) is 24.6. The summed E-state index contributed by atoms with van der Waals surface area (Å²) in [6.45, 7) is 6.52. The first-order chi connectivity index (χ1) is 21.2. The average molecular weight is 590 g/mol. The minimum atomic E-state index is 0.0940. The molecule has 2 aromatic rings. The Kier molecular flexibility index (Phi) is 20.8. The Bertz CT molecular complexity index is 981. The van der Waals surface area contributed by atoms with Crippen LogP contribution in [0.25, 0.3) is 5.70 Å².